The van der Waals surface area contributed by atoms with Gasteiger partial charge in [0.2, 0.25) is 5.95 Å². The van der Waals surface area contributed by atoms with Crippen molar-refractivity contribution in [1.29, 1.82) is 0 Å². The second-order valence-electron chi connectivity index (χ2n) is 9.78. The summed E-state index contributed by atoms with van der Waals surface area (Å²) >= 11 is 10.8. The fraction of sp³-hybridized carbons (Fsp3) is 0.0645. The normalized spacial score (nSPS) is 12.9. The molecule has 0 fully saturated rings. The van der Waals surface area contributed by atoms with Crippen LogP contribution in [0.2, 0.25) is 5.02 Å². The number of para-hydroxylation sites is 1. The molecule has 1 aliphatic carbocycles. The molecule has 5 aromatic carbocycles. The minimum atomic E-state index is -0.957. The molecule has 0 saturated carbocycles. The van der Waals surface area contributed by atoms with Gasteiger partial charge in [-0.1, -0.05) is 57.9 Å². The predicted molar refractivity (Wildman–Crippen MR) is 156 cm³/mol. The minimum absolute atomic E-state index is 0.305. The van der Waals surface area contributed by atoms with Crippen molar-refractivity contribution in [3.8, 4) is 0 Å². The van der Waals surface area contributed by atoms with Crippen LogP contribution in [-0.2, 0) is 12.8 Å². The quantitative estimate of drug-likeness (QED) is 0.220. The molecule has 0 aliphatic heterocycles. The molecule has 0 radical (unpaired) electrons. The lowest BCUT2D eigenvalue weighted by molar-refractivity contribution is 0.510. The van der Waals surface area contributed by atoms with Gasteiger partial charge in [-0.15, -0.1) is 0 Å². The van der Waals surface area contributed by atoms with Gasteiger partial charge < -0.3 is 9.40 Å². The lowest BCUT2D eigenvalue weighted by Gasteiger charge is -2.26. The molecule has 2 aromatic heterocycles. The molecular formula is C31H17BrClF2N3O. The number of rotatable bonds is 3. The van der Waals surface area contributed by atoms with Crippen molar-refractivity contribution in [2.45, 2.75) is 12.8 Å². The number of hydrogen-bond donors (Lipinski definition) is 1. The van der Waals surface area contributed by atoms with Crippen LogP contribution >= 0.6 is 27.5 Å². The Bertz CT molecular complexity index is 2100. The predicted octanol–water partition coefficient (Wildman–Crippen LogP) is 9.88. The monoisotopic (exact) mass is 599 g/mol. The summed E-state index contributed by atoms with van der Waals surface area (Å²) in [7, 11) is 0. The Kier molecular flexibility index (Phi) is 4.88. The van der Waals surface area contributed by atoms with Crippen LogP contribution in [0.5, 0.6) is 0 Å². The molecule has 8 heteroatoms. The summed E-state index contributed by atoms with van der Waals surface area (Å²) in [6.07, 6.45) is 1.94. The highest BCUT2D eigenvalue weighted by atomic mass is 79.9. The highest BCUT2D eigenvalue weighted by Gasteiger charge is 2.27. The zero-order valence-electron chi connectivity index (χ0n) is 20.2. The number of halogens is 4. The summed E-state index contributed by atoms with van der Waals surface area (Å²) < 4.78 is 35.4. The molecule has 0 amide bonds. The average molecular weight is 601 g/mol. The van der Waals surface area contributed by atoms with Crippen LogP contribution < -0.4 is 4.90 Å². The molecular weight excluding hydrogens is 584 g/mol. The summed E-state index contributed by atoms with van der Waals surface area (Å²) in [6.45, 7) is 0. The summed E-state index contributed by atoms with van der Waals surface area (Å²) in [5, 5.41) is 4.55. The van der Waals surface area contributed by atoms with E-state index in [1.165, 1.54) is 16.5 Å². The molecule has 8 rings (SSSR count). The van der Waals surface area contributed by atoms with Crippen molar-refractivity contribution in [2.75, 3.05) is 4.90 Å². The highest BCUT2D eigenvalue weighted by Crippen LogP contribution is 2.48. The van der Waals surface area contributed by atoms with Gasteiger partial charge in [0.05, 0.1) is 27.4 Å². The largest absolute Gasteiger partial charge is 0.456 e. The Labute approximate surface area is 233 Å². The van der Waals surface area contributed by atoms with Gasteiger partial charge in [0.25, 0.3) is 0 Å². The number of anilines is 3. The van der Waals surface area contributed by atoms with Crippen LogP contribution in [0.3, 0.4) is 0 Å². The molecule has 1 N–H and O–H groups in total. The van der Waals surface area contributed by atoms with E-state index in [0.29, 0.717) is 33.3 Å². The number of fused-ring (bicyclic) bond motifs is 4. The van der Waals surface area contributed by atoms with Gasteiger partial charge in [0.15, 0.2) is 11.6 Å². The van der Waals surface area contributed by atoms with E-state index in [0.717, 1.165) is 56.9 Å². The van der Waals surface area contributed by atoms with Crippen molar-refractivity contribution in [2.24, 2.45) is 0 Å². The van der Waals surface area contributed by atoms with Crippen LogP contribution in [0, 0.1) is 11.6 Å². The van der Waals surface area contributed by atoms with Crippen LogP contribution in [0.15, 0.2) is 81.7 Å². The summed E-state index contributed by atoms with van der Waals surface area (Å²) in [5.74, 6) is -1.53. The first-order valence-electron chi connectivity index (χ1n) is 12.4. The molecule has 0 spiro atoms. The van der Waals surface area contributed by atoms with Crippen molar-refractivity contribution < 1.29 is 13.2 Å². The van der Waals surface area contributed by atoms with Crippen LogP contribution in [0.1, 0.15) is 11.1 Å². The van der Waals surface area contributed by atoms with Gasteiger partial charge in [-0.05, 0) is 53.6 Å². The van der Waals surface area contributed by atoms with E-state index >= 15 is 0 Å². The third-order valence-electron chi connectivity index (χ3n) is 7.58. The smallest absolute Gasteiger partial charge is 0.213 e. The van der Waals surface area contributed by atoms with E-state index in [1.54, 1.807) is 0 Å². The van der Waals surface area contributed by atoms with Gasteiger partial charge in [-0.25, -0.2) is 13.8 Å². The van der Waals surface area contributed by atoms with Gasteiger partial charge >= 0.3 is 0 Å². The number of nitrogens with one attached hydrogen (secondary N) is 1. The molecule has 0 saturated heterocycles. The first kappa shape index (κ1) is 23.0. The molecule has 1 aliphatic rings. The summed E-state index contributed by atoms with van der Waals surface area (Å²) in [4.78, 5) is 9.78. The Hall–Kier alpha value is -3.94. The van der Waals surface area contributed by atoms with Gasteiger partial charge in [0.1, 0.15) is 11.2 Å². The first-order chi connectivity index (χ1) is 19.0. The lowest BCUT2D eigenvalue weighted by Crippen LogP contribution is -2.13. The molecule has 0 atom stereocenters. The third-order valence-corrected chi connectivity index (χ3v) is 8.54. The minimum Gasteiger partial charge on any atom is -0.456 e. The first-order valence-corrected chi connectivity index (χ1v) is 13.6. The number of furan rings is 1. The molecule has 7 aromatic rings. The Morgan fingerprint density at radius 3 is 2.44 bits per heavy atom. The topological polar surface area (TPSA) is 45.1 Å². The number of benzene rings is 5. The second kappa shape index (κ2) is 8.28. The number of aromatic nitrogens is 2. The number of nitrogens with zero attached hydrogens (tertiary/aromatic N) is 2. The number of aryl methyl sites for hydroxylation is 2. The molecule has 2 heterocycles. The van der Waals surface area contributed by atoms with E-state index in [4.69, 9.17) is 16.0 Å². The van der Waals surface area contributed by atoms with E-state index in [1.807, 2.05) is 47.4 Å². The Morgan fingerprint density at radius 1 is 0.821 bits per heavy atom. The highest BCUT2D eigenvalue weighted by molar-refractivity contribution is 9.10. The molecule has 0 unspecified atom stereocenters. The maximum Gasteiger partial charge on any atom is 0.213 e. The summed E-state index contributed by atoms with van der Waals surface area (Å²) in [6, 6.07) is 22.2. The number of H-pyrrole nitrogens is 1. The maximum atomic E-state index is 14.1. The molecule has 0 bridgehead atoms. The molecule has 39 heavy (non-hydrogen) atoms. The summed E-state index contributed by atoms with van der Waals surface area (Å²) in [5.41, 5.74) is 6.10. The van der Waals surface area contributed by atoms with Crippen molar-refractivity contribution in [3.05, 3.63) is 105 Å². The number of hydrogen-bond acceptors (Lipinski definition) is 3. The molecule has 4 nitrogen and oxygen atoms in total. The second-order valence-corrected chi connectivity index (χ2v) is 11.0. The average Bonchev–Trinajstić information content (AvgIpc) is 3.63. The van der Waals surface area contributed by atoms with Crippen molar-refractivity contribution >= 4 is 88.6 Å². The van der Waals surface area contributed by atoms with Crippen LogP contribution in [-0.4, -0.2) is 9.97 Å². The zero-order chi connectivity index (χ0) is 26.4. The zero-order valence-corrected chi connectivity index (χ0v) is 22.5. The number of imidazole rings is 1. The van der Waals surface area contributed by atoms with Crippen LogP contribution in [0.25, 0.3) is 43.7 Å². The van der Waals surface area contributed by atoms with Crippen molar-refractivity contribution in [3.63, 3.8) is 0 Å². The van der Waals surface area contributed by atoms with E-state index in [2.05, 4.69) is 44.1 Å². The Morgan fingerprint density at radius 2 is 1.59 bits per heavy atom. The third kappa shape index (κ3) is 3.36. The standard InChI is InChI=1S/C31H17BrClF2N3O/c32-19-9-7-15-5-6-16-8-10-25(30(19)29(15)16)38(31-36-23-12-21(34)22(35)13-24(23)37-31)26-14-28-18(11-20(26)33)17-3-1-2-4-27(17)39-28/h1-4,7-14H,5-6H2,(H,36,37). The maximum absolute atomic E-state index is 14.1. The Balaban J connectivity index is 1.46. The fourth-order valence-electron chi connectivity index (χ4n) is 5.82. The van der Waals surface area contributed by atoms with Gasteiger partial charge in [-0.2, -0.15) is 0 Å². The van der Waals surface area contributed by atoms with Crippen LogP contribution in [0.4, 0.5) is 26.1 Å². The van der Waals surface area contributed by atoms with E-state index < -0.39 is 11.6 Å². The van der Waals surface area contributed by atoms with Gasteiger partial charge in [0, 0.05) is 38.8 Å². The van der Waals surface area contributed by atoms with E-state index in [9.17, 15) is 8.78 Å². The molecule has 190 valence electrons. The van der Waals surface area contributed by atoms with Gasteiger partial charge in [-0.3, -0.25) is 4.90 Å². The fourth-order valence-corrected chi connectivity index (χ4v) is 6.60. The van der Waals surface area contributed by atoms with Crippen molar-refractivity contribution in [1.82, 2.24) is 9.97 Å². The van der Waals surface area contributed by atoms with E-state index in [-0.39, 0.29) is 0 Å². The SMILES string of the molecule is Fc1cc2nc(N(c3cc4oc5ccccc5c4cc3Cl)c3ccc4c5c(ccc(Br)c35)CC4)[nH]c2cc1F. The lowest BCUT2D eigenvalue weighted by atomic mass is 10.0. The number of aromatic amines is 1.